The second kappa shape index (κ2) is 12.6. The van der Waals surface area contributed by atoms with Crippen molar-refractivity contribution in [2.45, 2.75) is 63.6 Å². The number of hydrogen-bond donors (Lipinski definition) is 2. The third kappa shape index (κ3) is 7.79. The SMILES string of the molecule is CN=C(NCc1cccc(OC2CCCCC2)c1)N1CCN(CC(=O)NC2CC2)CC1.I. The molecule has 1 aliphatic heterocycles. The molecule has 0 bridgehead atoms. The number of halogens is 1. The zero-order valence-corrected chi connectivity index (χ0v) is 21.6. The lowest BCUT2D eigenvalue weighted by Crippen LogP contribution is -2.54. The molecule has 7 nitrogen and oxygen atoms in total. The average Bonchev–Trinajstić information content (AvgIpc) is 3.60. The third-order valence-corrected chi connectivity index (χ3v) is 6.40. The van der Waals surface area contributed by atoms with Crippen molar-refractivity contribution in [1.82, 2.24) is 20.4 Å². The average molecular weight is 556 g/mol. The maximum Gasteiger partial charge on any atom is 0.234 e. The summed E-state index contributed by atoms with van der Waals surface area (Å²) in [5, 5.41) is 6.57. The number of carbonyl (C=O) groups excluding carboxylic acids is 1. The van der Waals surface area contributed by atoms with Crippen molar-refractivity contribution in [2.24, 2.45) is 4.99 Å². The first-order valence-electron chi connectivity index (χ1n) is 11.9. The van der Waals surface area contributed by atoms with Crippen LogP contribution in [-0.4, -0.2) is 73.6 Å². The number of guanidine groups is 1. The van der Waals surface area contributed by atoms with Gasteiger partial charge in [0.2, 0.25) is 5.91 Å². The highest BCUT2D eigenvalue weighted by atomic mass is 127. The van der Waals surface area contributed by atoms with Crippen LogP contribution in [0.25, 0.3) is 0 Å². The van der Waals surface area contributed by atoms with Gasteiger partial charge in [-0.25, -0.2) is 0 Å². The van der Waals surface area contributed by atoms with E-state index in [2.05, 4.69) is 49.7 Å². The van der Waals surface area contributed by atoms with Gasteiger partial charge in [0.15, 0.2) is 5.96 Å². The molecule has 2 N–H and O–H groups in total. The highest BCUT2D eigenvalue weighted by Crippen LogP contribution is 2.24. The number of amides is 1. The lowest BCUT2D eigenvalue weighted by atomic mass is 9.98. The standard InChI is InChI=1S/C24H37N5O2.HI/c1-25-24(29-14-12-28(13-15-29)18-23(30)27-20-10-11-20)26-17-19-6-5-9-22(16-19)31-21-7-3-2-4-8-21;/h5-6,9,16,20-21H,2-4,7-8,10-15,17-18H2,1H3,(H,25,26)(H,27,30);1H. The molecule has 2 saturated carbocycles. The van der Waals surface area contributed by atoms with Crippen LogP contribution in [0.3, 0.4) is 0 Å². The summed E-state index contributed by atoms with van der Waals surface area (Å²) in [6, 6.07) is 8.84. The van der Waals surface area contributed by atoms with Gasteiger partial charge in [-0.05, 0) is 56.2 Å². The van der Waals surface area contributed by atoms with Gasteiger partial charge in [-0.15, -0.1) is 24.0 Å². The highest BCUT2D eigenvalue weighted by Gasteiger charge is 2.26. The van der Waals surface area contributed by atoms with Crippen molar-refractivity contribution in [3.63, 3.8) is 0 Å². The van der Waals surface area contributed by atoms with E-state index in [-0.39, 0.29) is 29.9 Å². The number of benzene rings is 1. The molecular formula is C24H38IN5O2. The van der Waals surface area contributed by atoms with Crippen LogP contribution in [0.2, 0.25) is 0 Å². The van der Waals surface area contributed by atoms with Gasteiger partial charge in [0.1, 0.15) is 5.75 Å². The Morgan fingerprint density at radius 1 is 1.09 bits per heavy atom. The van der Waals surface area contributed by atoms with Crippen molar-refractivity contribution in [2.75, 3.05) is 39.8 Å². The summed E-state index contributed by atoms with van der Waals surface area (Å²) in [7, 11) is 1.83. The number of aliphatic imine (C=N–C) groups is 1. The van der Waals surface area contributed by atoms with E-state index < -0.39 is 0 Å². The van der Waals surface area contributed by atoms with Crippen molar-refractivity contribution in [3.8, 4) is 5.75 Å². The molecule has 1 aromatic rings. The molecule has 178 valence electrons. The predicted molar refractivity (Wildman–Crippen MR) is 139 cm³/mol. The second-order valence-corrected chi connectivity index (χ2v) is 9.03. The van der Waals surface area contributed by atoms with Gasteiger partial charge in [-0.2, -0.15) is 0 Å². The first kappa shape index (κ1) is 25.1. The van der Waals surface area contributed by atoms with E-state index in [1.54, 1.807) is 0 Å². The molecular weight excluding hydrogens is 517 g/mol. The molecule has 0 aromatic heterocycles. The fraction of sp³-hybridized carbons (Fsp3) is 0.667. The topological polar surface area (TPSA) is 69.2 Å². The number of piperazine rings is 1. The van der Waals surface area contributed by atoms with E-state index in [9.17, 15) is 4.79 Å². The highest BCUT2D eigenvalue weighted by molar-refractivity contribution is 14.0. The Kier molecular flexibility index (Phi) is 9.90. The first-order valence-corrected chi connectivity index (χ1v) is 11.9. The van der Waals surface area contributed by atoms with Gasteiger partial charge in [0.25, 0.3) is 0 Å². The van der Waals surface area contributed by atoms with Gasteiger partial charge in [-0.1, -0.05) is 18.6 Å². The lowest BCUT2D eigenvalue weighted by molar-refractivity contribution is -0.122. The summed E-state index contributed by atoms with van der Waals surface area (Å²) in [5.74, 6) is 2.05. The van der Waals surface area contributed by atoms with Crippen LogP contribution in [0, 0.1) is 0 Å². The van der Waals surface area contributed by atoms with Gasteiger partial charge in [-0.3, -0.25) is 14.7 Å². The van der Waals surface area contributed by atoms with Crippen molar-refractivity contribution >= 4 is 35.8 Å². The molecule has 0 unspecified atom stereocenters. The molecule has 1 saturated heterocycles. The minimum atomic E-state index is 0. The normalized spacial score (nSPS) is 20.4. The maximum absolute atomic E-state index is 12.0. The molecule has 1 amide bonds. The zero-order chi connectivity index (χ0) is 21.5. The Hall–Kier alpha value is -1.55. The number of carbonyl (C=O) groups is 1. The molecule has 8 heteroatoms. The molecule has 3 fully saturated rings. The maximum atomic E-state index is 12.0. The summed E-state index contributed by atoms with van der Waals surface area (Å²) >= 11 is 0. The van der Waals surface area contributed by atoms with Crippen molar-refractivity contribution < 1.29 is 9.53 Å². The Labute approximate surface area is 209 Å². The van der Waals surface area contributed by atoms with Crippen LogP contribution in [0.4, 0.5) is 0 Å². The molecule has 0 spiro atoms. The third-order valence-electron chi connectivity index (χ3n) is 6.40. The summed E-state index contributed by atoms with van der Waals surface area (Å²) in [6.45, 7) is 4.73. The van der Waals surface area contributed by atoms with Crippen molar-refractivity contribution in [3.05, 3.63) is 29.8 Å². The summed E-state index contributed by atoms with van der Waals surface area (Å²) in [5.41, 5.74) is 1.20. The lowest BCUT2D eigenvalue weighted by Gasteiger charge is -2.36. The molecule has 1 aromatic carbocycles. The predicted octanol–water partition coefficient (Wildman–Crippen LogP) is 2.99. The molecule has 2 aliphatic carbocycles. The molecule has 32 heavy (non-hydrogen) atoms. The van der Waals surface area contributed by atoms with Gasteiger partial charge in [0.05, 0.1) is 12.6 Å². The fourth-order valence-electron chi connectivity index (χ4n) is 4.44. The Balaban J connectivity index is 0.00000289. The Bertz CT molecular complexity index is 757. The van der Waals surface area contributed by atoms with E-state index >= 15 is 0 Å². The zero-order valence-electron chi connectivity index (χ0n) is 19.2. The van der Waals surface area contributed by atoms with Crippen LogP contribution in [0.5, 0.6) is 5.75 Å². The smallest absolute Gasteiger partial charge is 0.234 e. The summed E-state index contributed by atoms with van der Waals surface area (Å²) < 4.78 is 6.21. The number of ether oxygens (including phenoxy) is 1. The van der Waals surface area contributed by atoms with Crippen LogP contribution < -0.4 is 15.4 Å². The Morgan fingerprint density at radius 2 is 1.84 bits per heavy atom. The second-order valence-electron chi connectivity index (χ2n) is 9.03. The van der Waals surface area contributed by atoms with Gasteiger partial charge < -0.3 is 20.3 Å². The number of rotatable bonds is 7. The molecule has 0 radical (unpaired) electrons. The van der Waals surface area contributed by atoms with E-state index in [1.807, 2.05) is 7.05 Å². The van der Waals surface area contributed by atoms with E-state index in [0.29, 0.717) is 18.7 Å². The van der Waals surface area contributed by atoms with Gasteiger partial charge in [0, 0.05) is 45.8 Å². The quantitative estimate of drug-likeness (QED) is 0.308. The summed E-state index contributed by atoms with van der Waals surface area (Å²) in [4.78, 5) is 21.0. The number of nitrogens with zero attached hydrogens (tertiary/aromatic N) is 3. The molecule has 4 rings (SSSR count). The minimum Gasteiger partial charge on any atom is -0.490 e. The number of hydrogen-bond acceptors (Lipinski definition) is 4. The van der Waals surface area contributed by atoms with Gasteiger partial charge >= 0.3 is 0 Å². The largest absolute Gasteiger partial charge is 0.490 e. The molecule has 0 atom stereocenters. The van der Waals surface area contributed by atoms with Crippen LogP contribution in [0.1, 0.15) is 50.5 Å². The van der Waals surface area contributed by atoms with Crippen molar-refractivity contribution in [1.29, 1.82) is 0 Å². The van der Waals surface area contributed by atoms with E-state index in [4.69, 9.17) is 4.74 Å². The molecule has 1 heterocycles. The van der Waals surface area contributed by atoms with E-state index in [0.717, 1.165) is 57.3 Å². The fourth-order valence-corrected chi connectivity index (χ4v) is 4.44. The molecule has 3 aliphatic rings. The summed E-state index contributed by atoms with van der Waals surface area (Å²) in [6.07, 6.45) is 8.88. The Morgan fingerprint density at radius 3 is 2.53 bits per heavy atom. The van der Waals surface area contributed by atoms with Crippen LogP contribution in [0.15, 0.2) is 29.3 Å². The number of nitrogens with one attached hydrogen (secondary N) is 2. The van der Waals surface area contributed by atoms with Crippen LogP contribution in [-0.2, 0) is 11.3 Å². The van der Waals surface area contributed by atoms with E-state index in [1.165, 1.54) is 37.7 Å². The monoisotopic (exact) mass is 555 g/mol. The minimum absolute atomic E-state index is 0. The first-order chi connectivity index (χ1) is 15.2. The van der Waals surface area contributed by atoms with Crippen LogP contribution >= 0.6 is 24.0 Å².